The summed E-state index contributed by atoms with van der Waals surface area (Å²) in [7, 11) is -2.19. The Morgan fingerprint density at radius 1 is 1.14 bits per heavy atom. The van der Waals surface area contributed by atoms with E-state index >= 15 is 0 Å². The number of amides is 1. The third kappa shape index (κ3) is 6.39. The van der Waals surface area contributed by atoms with Gasteiger partial charge in [-0.3, -0.25) is 4.79 Å². The molecule has 3 rings (SSSR count). The highest BCUT2D eigenvalue weighted by Gasteiger charge is 2.24. The van der Waals surface area contributed by atoms with Crippen molar-refractivity contribution in [2.24, 2.45) is 5.73 Å². The minimum absolute atomic E-state index is 0.200. The Morgan fingerprint density at radius 3 is 2.45 bits per heavy atom. The SMILES string of the molecule is C[Si](C)(O)C=Cc1ccc(CC(=O)N2CCC(c3cccc(CN)c3)CC2)cc1. The zero-order chi connectivity index (χ0) is 20.9. The topological polar surface area (TPSA) is 66.6 Å². The molecule has 0 radical (unpaired) electrons. The molecule has 29 heavy (non-hydrogen) atoms. The van der Waals surface area contributed by atoms with Gasteiger partial charge in [0.2, 0.25) is 14.2 Å². The molecule has 1 fully saturated rings. The van der Waals surface area contributed by atoms with Crippen molar-refractivity contribution < 1.29 is 9.59 Å². The molecule has 0 aromatic heterocycles. The maximum Gasteiger partial charge on any atom is 0.226 e. The van der Waals surface area contributed by atoms with E-state index in [-0.39, 0.29) is 5.91 Å². The van der Waals surface area contributed by atoms with Crippen LogP contribution in [0.25, 0.3) is 6.08 Å². The van der Waals surface area contributed by atoms with E-state index in [1.165, 1.54) is 11.1 Å². The summed E-state index contributed by atoms with van der Waals surface area (Å²) in [6.45, 7) is 5.96. The molecule has 1 heterocycles. The van der Waals surface area contributed by atoms with Gasteiger partial charge >= 0.3 is 0 Å². The molecule has 2 aromatic carbocycles. The third-order valence-electron chi connectivity index (χ3n) is 5.52. The number of hydrogen-bond donors (Lipinski definition) is 2. The first-order chi connectivity index (χ1) is 13.8. The van der Waals surface area contributed by atoms with Crippen molar-refractivity contribution in [2.45, 2.75) is 44.8 Å². The molecule has 1 aliphatic rings. The second kappa shape index (κ2) is 9.52. The monoisotopic (exact) mass is 408 g/mol. The number of piperidine rings is 1. The fraction of sp³-hybridized carbons (Fsp3) is 0.375. The molecule has 1 amide bonds. The van der Waals surface area contributed by atoms with E-state index in [2.05, 4.69) is 24.3 Å². The summed E-state index contributed by atoms with van der Waals surface area (Å²) in [5, 5.41) is 0. The fourth-order valence-corrected chi connectivity index (χ4v) is 4.37. The highest BCUT2D eigenvalue weighted by atomic mass is 28.4. The summed E-state index contributed by atoms with van der Waals surface area (Å²) in [6, 6.07) is 16.6. The van der Waals surface area contributed by atoms with Crippen LogP contribution in [0.1, 0.15) is 41.0 Å². The predicted octanol–water partition coefficient (Wildman–Crippen LogP) is 3.84. The Bertz CT molecular complexity index is 848. The van der Waals surface area contributed by atoms with Crippen LogP contribution in [0, 0.1) is 0 Å². The number of likely N-dealkylation sites (tertiary alicyclic amines) is 1. The van der Waals surface area contributed by atoms with Crippen LogP contribution in [-0.4, -0.2) is 37.0 Å². The highest BCUT2D eigenvalue weighted by Crippen LogP contribution is 2.28. The second-order valence-corrected chi connectivity index (χ2v) is 12.2. The second-order valence-electron chi connectivity index (χ2n) is 8.51. The predicted molar refractivity (Wildman–Crippen MR) is 122 cm³/mol. The van der Waals surface area contributed by atoms with Gasteiger partial charge < -0.3 is 15.4 Å². The zero-order valence-electron chi connectivity index (χ0n) is 17.5. The largest absolute Gasteiger partial charge is 0.428 e. The summed E-state index contributed by atoms with van der Waals surface area (Å²) in [5.41, 5.74) is 12.3. The molecule has 0 aliphatic carbocycles. The molecule has 0 spiro atoms. The Kier molecular flexibility index (Phi) is 7.06. The van der Waals surface area contributed by atoms with Gasteiger partial charge in [-0.2, -0.15) is 0 Å². The van der Waals surface area contributed by atoms with Crippen molar-refractivity contribution >= 4 is 20.3 Å². The van der Waals surface area contributed by atoms with Gasteiger partial charge in [0.15, 0.2) is 0 Å². The molecule has 0 saturated carbocycles. The summed E-state index contributed by atoms with van der Waals surface area (Å²) >= 11 is 0. The molecular weight excluding hydrogens is 376 g/mol. The summed E-state index contributed by atoms with van der Waals surface area (Å²) in [6.07, 6.45) is 4.41. The maximum absolute atomic E-state index is 12.7. The molecule has 2 aromatic rings. The first kappa shape index (κ1) is 21.5. The van der Waals surface area contributed by atoms with Gasteiger partial charge in [-0.05, 0) is 54.1 Å². The molecule has 1 aliphatic heterocycles. The molecule has 3 N–H and O–H groups in total. The number of hydrogen-bond acceptors (Lipinski definition) is 3. The zero-order valence-corrected chi connectivity index (χ0v) is 18.5. The van der Waals surface area contributed by atoms with Crippen LogP contribution in [0.2, 0.25) is 13.1 Å². The fourth-order valence-electron chi connectivity index (χ4n) is 3.77. The van der Waals surface area contributed by atoms with Gasteiger partial charge in [-0.15, -0.1) is 0 Å². The van der Waals surface area contributed by atoms with Crippen LogP contribution in [0.3, 0.4) is 0 Å². The third-order valence-corrected chi connectivity index (χ3v) is 6.51. The summed E-state index contributed by atoms with van der Waals surface area (Å²) < 4.78 is 0. The molecule has 0 unspecified atom stereocenters. The standard InChI is InChI=1S/C24H32N2O2Si/c1-29(2,28)15-12-19-6-8-20(9-7-19)17-24(27)26-13-10-22(11-14-26)23-5-3-4-21(16-23)18-25/h3-9,12,15-16,22,28H,10-11,13-14,17-18,25H2,1-2H3. The number of nitrogens with zero attached hydrogens (tertiary/aromatic N) is 1. The van der Waals surface area contributed by atoms with Gasteiger partial charge in [-0.1, -0.05) is 60.3 Å². The Balaban J connectivity index is 1.52. The normalized spacial score (nSPS) is 15.8. The lowest BCUT2D eigenvalue weighted by Gasteiger charge is -2.32. The van der Waals surface area contributed by atoms with Crippen molar-refractivity contribution in [3.8, 4) is 0 Å². The van der Waals surface area contributed by atoms with Crippen molar-refractivity contribution in [1.29, 1.82) is 0 Å². The average Bonchev–Trinajstić information content (AvgIpc) is 2.73. The van der Waals surface area contributed by atoms with Gasteiger partial charge in [0, 0.05) is 19.6 Å². The minimum Gasteiger partial charge on any atom is -0.428 e. The molecule has 0 atom stereocenters. The first-order valence-corrected chi connectivity index (χ1v) is 13.4. The molecule has 5 heteroatoms. The lowest BCUT2D eigenvalue weighted by molar-refractivity contribution is -0.131. The Hall–Kier alpha value is -2.21. The summed E-state index contributed by atoms with van der Waals surface area (Å²) in [5.74, 6) is 0.710. The average molecular weight is 409 g/mol. The molecule has 4 nitrogen and oxygen atoms in total. The smallest absolute Gasteiger partial charge is 0.226 e. The molecular formula is C24H32N2O2Si. The Labute approximate surface area is 175 Å². The van der Waals surface area contributed by atoms with Crippen LogP contribution in [-0.2, 0) is 17.8 Å². The van der Waals surface area contributed by atoms with Gasteiger partial charge in [-0.25, -0.2) is 0 Å². The minimum atomic E-state index is -2.19. The molecule has 1 saturated heterocycles. The maximum atomic E-state index is 12.7. The van der Waals surface area contributed by atoms with Crippen LogP contribution in [0.5, 0.6) is 0 Å². The van der Waals surface area contributed by atoms with E-state index in [0.717, 1.165) is 37.1 Å². The number of nitrogens with two attached hydrogens (primary N) is 1. The van der Waals surface area contributed by atoms with Crippen molar-refractivity contribution in [3.05, 3.63) is 76.5 Å². The lowest BCUT2D eigenvalue weighted by Crippen LogP contribution is -2.38. The molecule has 154 valence electrons. The van der Waals surface area contributed by atoms with Gasteiger partial charge in [0.25, 0.3) is 0 Å². The molecule has 0 bridgehead atoms. The lowest BCUT2D eigenvalue weighted by atomic mass is 9.88. The highest BCUT2D eigenvalue weighted by molar-refractivity contribution is 6.75. The first-order valence-electron chi connectivity index (χ1n) is 10.4. The van der Waals surface area contributed by atoms with Crippen LogP contribution in [0.4, 0.5) is 0 Å². The van der Waals surface area contributed by atoms with E-state index in [9.17, 15) is 9.59 Å². The summed E-state index contributed by atoms with van der Waals surface area (Å²) in [4.78, 5) is 24.6. The van der Waals surface area contributed by atoms with Crippen molar-refractivity contribution in [3.63, 3.8) is 0 Å². The van der Waals surface area contributed by atoms with E-state index < -0.39 is 8.32 Å². The number of carbonyl (C=O) groups is 1. The van der Waals surface area contributed by atoms with Crippen LogP contribution in [0.15, 0.2) is 54.2 Å². The quantitative estimate of drug-likeness (QED) is 0.714. The van der Waals surface area contributed by atoms with Crippen LogP contribution < -0.4 is 5.73 Å². The van der Waals surface area contributed by atoms with Crippen LogP contribution >= 0.6 is 0 Å². The van der Waals surface area contributed by atoms with Crippen molar-refractivity contribution in [1.82, 2.24) is 4.90 Å². The van der Waals surface area contributed by atoms with E-state index in [4.69, 9.17) is 5.73 Å². The Morgan fingerprint density at radius 2 is 1.83 bits per heavy atom. The van der Waals surface area contributed by atoms with Gasteiger partial charge in [0.05, 0.1) is 6.42 Å². The number of benzene rings is 2. The number of carbonyl (C=O) groups excluding carboxylic acids is 1. The number of rotatable bonds is 6. The van der Waals surface area contributed by atoms with Gasteiger partial charge in [0.1, 0.15) is 0 Å². The van der Waals surface area contributed by atoms with E-state index in [0.29, 0.717) is 18.9 Å². The van der Waals surface area contributed by atoms with E-state index in [1.807, 2.05) is 54.0 Å². The van der Waals surface area contributed by atoms with Crippen molar-refractivity contribution in [2.75, 3.05) is 13.1 Å². The van der Waals surface area contributed by atoms with E-state index in [1.54, 1.807) is 0 Å².